The molecule has 0 aromatic heterocycles. The Hall–Kier alpha value is 0.260. The van der Waals surface area contributed by atoms with E-state index in [9.17, 15) is 47.0 Å². The molecule has 0 spiro atoms. The maximum atomic E-state index is 11.6. The van der Waals surface area contributed by atoms with E-state index in [1.165, 1.54) is 0 Å². The lowest BCUT2D eigenvalue weighted by molar-refractivity contribution is 0.181. The van der Waals surface area contributed by atoms with Gasteiger partial charge >= 0.3 is 45.6 Å². The summed E-state index contributed by atoms with van der Waals surface area (Å²) >= 11 is 0. The Bertz CT molecular complexity index is 969. The van der Waals surface area contributed by atoms with E-state index in [0.29, 0.717) is 9.80 Å². The standard InChI is InChI=1S/C12H36N4O18P6.12H3N/c17-35(18,19)7-13(3-5-15(9-37(23,24)25)10-38(26,27)28)1-2-14(8-36(20,21)22)4-6-16(11-39(29,30)31)12-40(32,33)34;;;;;;;;;;;;/h1-12H2,(H2,17,18,19)(H2,20,21,22)(H2,23,24,25)(H2,26,27,28)(H2,29,30,31)(H2,32,33,34);12*1H3. The maximum Gasteiger partial charge on any atom is 0.339 e. The molecule has 0 heterocycles. The van der Waals surface area contributed by atoms with Gasteiger partial charge in [0.15, 0.2) is 0 Å². The molecule has 48 N–H and O–H groups in total. The second-order valence-electron chi connectivity index (χ2n) is 8.86. The van der Waals surface area contributed by atoms with Crippen LogP contribution in [0, 0.1) is 0 Å². The molecule has 0 aliphatic heterocycles. The van der Waals surface area contributed by atoms with Crippen LogP contribution in [0.2, 0.25) is 0 Å². The van der Waals surface area contributed by atoms with Crippen molar-refractivity contribution in [2.45, 2.75) is 0 Å². The number of hydrogen-bond acceptors (Lipinski definition) is 22. The minimum absolute atomic E-state index is 0. The van der Waals surface area contributed by atoms with Crippen LogP contribution >= 0.6 is 45.6 Å². The molecule has 0 saturated carbocycles. The maximum absolute atomic E-state index is 11.6. The summed E-state index contributed by atoms with van der Waals surface area (Å²) in [5.41, 5.74) is 0. The van der Waals surface area contributed by atoms with Crippen LogP contribution in [0.3, 0.4) is 0 Å². The largest absolute Gasteiger partial charge is 0.344 e. The SMILES string of the molecule is N.N.N.N.N.N.N.N.N.N.N.N.O=P(O)(O)CN(CCN(CCN(CP(=O)(O)O)CP(=O)(O)O)CP(=O)(O)O)CCN(CP(=O)(O)O)CP(=O)(O)O. The van der Waals surface area contributed by atoms with Crippen molar-refractivity contribution in [2.75, 3.05) is 77.0 Å². The van der Waals surface area contributed by atoms with E-state index in [0.717, 1.165) is 9.80 Å². The van der Waals surface area contributed by atoms with Crippen molar-refractivity contribution in [1.82, 2.24) is 93.4 Å². The Morgan fingerprint density at radius 1 is 0.231 bits per heavy atom. The van der Waals surface area contributed by atoms with Crippen LogP contribution in [0.25, 0.3) is 0 Å². The Morgan fingerprint density at radius 2 is 0.327 bits per heavy atom. The highest BCUT2D eigenvalue weighted by atomic mass is 31.2. The van der Waals surface area contributed by atoms with Crippen LogP contribution in [0.4, 0.5) is 0 Å². The summed E-state index contributed by atoms with van der Waals surface area (Å²) in [5.74, 6) is 0. The topological polar surface area (TPSA) is 778 Å². The fourth-order valence-electron chi connectivity index (χ4n) is 3.29. The summed E-state index contributed by atoms with van der Waals surface area (Å²) in [6, 6.07) is 0. The molecular weight excluding hydrogens is 842 g/mol. The third-order valence-electron chi connectivity index (χ3n) is 4.50. The normalized spacial score (nSPS) is 11.3. The Morgan fingerprint density at radius 3 is 0.442 bits per heavy atom. The highest BCUT2D eigenvalue weighted by Crippen LogP contribution is 2.42. The van der Waals surface area contributed by atoms with Crippen molar-refractivity contribution in [3.8, 4) is 0 Å². The van der Waals surface area contributed by atoms with E-state index in [2.05, 4.69) is 0 Å². The molecule has 52 heavy (non-hydrogen) atoms. The van der Waals surface area contributed by atoms with Crippen LogP contribution < -0.4 is 73.8 Å². The van der Waals surface area contributed by atoms with Gasteiger partial charge in [-0.3, -0.25) is 47.0 Å². The molecule has 0 amide bonds. The zero-order valence-corrected chi connectivity index (χ0v) is 34.6. The van der Waals surface area contributed by atoms with Gasteiger partial charge in [-0.25, -0.2) is 0 Å². The molecule has 0 fully saturated rings. The summed E-state index contributed by atoms with van der Waals surface area (Å²) in [6.07, 6.45) is -6.33. The molecule has 0 radical (unpaired) electrons. The third kappa shape index (κ3) is 59.5. The average molecular weight is 915 g/mol. The molecule has 0 atom stereocenters. The molecule has 338 valence electrons. The third-order valence-corrected chi connectivity index (χ3v) is 9.11. The van der Waals surface area contributed by atoms with Crippen molar-refractivity contribution in [3.63, 3.8) is 0 Å². The number of nitrogens with zero attached hydrogens (tertiary/aromatic N) is 4. The predicted octanol–water partition coefficient (Wildman–Crippen LogP) is -1.05. The van der Waals surface area contributed by atoms with Crippen molar-refractivity contribution in [3.05, 3.63) is 0 Å². The molecule has 0 rings (SSSR count). The summed E-state index contributed by atoms with van der Waals surface area (Å²) in [4.78, 5) is 114. The van der Waals surface area contributed by atoms with Gasteiger partial charge in [0.05, 0.1) is 0 Å². The molecule has 40 heteroatoms. The highest BCUT2D eigenvalue weighted by molar-refractivity contribution is 7.53. The van der Waals surface area contributed by atoms with Crippen LogP contribution in [-0.4, -0.2) is 155 Å². The first kappa shape index (κ1) is 89.1. The lowest BCUT2D eigenvalue weighted by Gasteiger charge is -2.31. The Balaban J connectivity index is -0.000000115. The van der Waals surface area contributed by atoms with E-state index in [4.69, 9.17) is 39.1 Å². The van der Waals surface area contributed by atoms with Crippen molar-refractivity contribution in [2.24, 2.45) is 0 Å². The van der Waals surface area contributed by atoms with Gasteiger partial charge in [-0.05, 0) is 0 Å². The lowest BCUT2D eigenvalue weighted by atomic mass is 10.4. The zero-order chi connectivity index (χ0) is 31.8. The quantitative estimate of drug-likeness (QED) is 0.0611. The lowest BCUT2D eigenvalue weighted by Crippen LogP contribution is -2.43. The van der Waals surface area contributed by atoms with Crippen molar-refractivity contribution in [1.29, 1.82) is 0 Å². The first-order valence-electron chi connectivity index (χ1n) is 10.7. The Kier molecular flexibility index (Phi) is 61.1. The van der Waals surface area contributed by atoms with Crippen LogP contribution in [0.1, 0.15) is 0 Å². The predicted molar refractivity (Wildman–Crippen MR) is 198 cm³/mol. The molecule has 0 bridgehead atoms. The average Bonchev–Trinajstić information content (AvgIpc) is 2.60. The molecule has 0 unspecified atom stereocenters. The van der Waals surface area contributed by atoms with Gasteiger partial charge in [0.2, 0.25) is 0 Å². The summed E-state index contributed by atoms with van der Waals surface area (Å²) in [7, 11) is -28.8. The van der Waals surface area contributed by atoms with E-state index in [1.807, 2.05) is 0 Å². The summed E-state index contributed by atoms with van der Waals surface area (Å²) in [5, 5.41) is 0. The fraction of sp³-hybridized carbons (Fsp3) is 1.00. The van der Waals surface area contributed by atoms with Gasteiger partial charge in [0.1, 0.15) is 37.7 Å². The van der Waals surface area contributed by atoms with E-state index < -0.39 is 109 Å². The van der Waals surface area contributed by atoms with Crippen molar-refractivity contribution >= 4 is 45.6 Å². The van der Waals surface area contributed by atoms with Gasteiger partial charge < -0.3 is 133 Å². The van der Waals surface area contributed by atoms with E-state index in [1.54, 1.807) is 0 Å². The monoisotopic (exact) mass is 914 g/mol. The molecule has 0 saturated heterocycles. The van der Waals surface area contributed by atoms with Crippen molar-refractivity contribution < 1.29 is 86.1 Å². The van der Waals surface area contributed by atoms with Crippen LogP contribution in [0.15, 0.2) is 0 Å². The second kappa shape index (κ2) is 35.7. The minimum atomic E-state index is -4.81. The smallest absolute Gasteiger partial charge is 0.339 e. The van der Waals surface area contributed by atoms with E-state index in [-0.39, 0.29) is 86.9 Å². The summed E-state index contributed by atoms with van der Waals surface area (Å²) < 4.78 is 68.5. The van der Waals surface area contributed by atoms with Gasteiger partial charge in [-0.1, -0.05) is 0 Å². The van der Waals surface area contributed by atoms with Gasteiger partial charge in [-0.15, -0.1) is 0 Å². The highest BCUT2D eigenvalue weighted by Gasteiger charge is 2.29. The first-order valence-corrected chi connectivity index (χ1v) is 21.5. The molecule has 34 nitrogen and oxygen atoms in total. The van der Waals surface area contributed by atoms with Crippen LogP contribution in [-0.2, 0) is 27.4 Å². The zero-order valence-electron chi connectivity index (χ0n) is 29.3. The first-order chi connectivity index (χ1) is 17.5. The second-order valence-corrected chi connectivity index (χ2v) is 18.5. The minimum Gasteiger partial charge on any atom is -0.344 e. The van der Waals surface area contributed by atoms with E-state index >= 15 is 0 Å². The molecule has 0 aromatic rings. The molecule has 0 aliphatic carbocycles. The van der Waals surface area contributed by atoms with Crippen LogP contribution in [0.5, 0.6) is 0 Å². The molecular formula is C12H72N16O18P6. The van der Waals surface area contributed by atoms with Gasteiger partial charge in [0, 0.05) is 39.3 Å². The molecule has 0 aromatic carbocycles. The molecule has 0 aliphatic rings. The number of rotatable bonds is 21. The summed E-state index contributed by atoms with van der Waals surface area (Å²) in [6.45, 7) is -2.65. The Labute approximate surface area is 302 Å². The fourth-order valence-corrected chi connectivity index (χ4v) is 8.26. The van der Waals surface area contributed by atoms with Gasteiger partial charge in [-0.2, -0.15) is 0 Å². The van der Waals surface area contributed by atoms with Gasteiger partial charge in [0.25, 0.3) is 0 Å². The number of hydrogen-bond donors (Lipinski definition) is 24.